The number of nitrogens with one attached hydrogen (secondary N) is 4. The van der Waals surface area contributed by atoms with Crippen LogP contribution in [0.1, 0.15) is 150 Å². The van der Waals surface area contributed by atoms with Gasteiger partial charge in [0.25, 0.3) is 11.8 Å². The van der Waals surface area contributed by atoms with Crippen LogP contribution in [-0.4, -0.2) is 137 Å². The van der Waals surface area contributed by atoms with E-state index in [0.29, 0.717) is 62.3 Å². The van der Waals surface area contributed by atoms with Gasteiger partial charge >= 0.3 is 11.9 Å². The normalized spacial score (nSPS) is 28.1. The zero-order valence-electron chi connectivity index (χ0n) is 53.6. The molecule has 4 aliphatic rings. The Morgan fingerprint density at radius 1 is 0.629 bits per heavy atom. The number of fused-ring (bicyclic) bond motifs is 8. The van der Waals surface area contributed by atoms with Gasteiger partial charge in [-0.3, -0.25) is 48.4 Å². The van der Waals surface area contributed by atoms with Gasteiger partial charge in [-0.1, -0.05) is 115 Å². The maximum Gasteiger partial charge on any atom is 0.325 e. The van der Waals surface area contributed by atoms with Crippen LogP contribution in [-0.2, 0) is 52.6 Å². The highest BCUT2D eigenvalue weighted by Crippen LogP contribution is 2.32. The van der Waals surface area contributed by atoms with E-state index in [1.807, 2.05) is 107 Å². The lowest BCUT2D eigenvalue weighted by Gasteiger charge is -2.35. The zero-order valence-corrected chi connectivity index (χ0v) is 54.6. The monoisotopic (exact) mass is 1240 g/mol. The van der Waals surface area contributed by atoms with Gasteiger partial charge in [-0.2, -0.15) is 0 Å². The maximum absolute atomic E-state index is 14.1. The molecular weight excluding hydrogens is 1150 g/mol. The van der Waals surface area contributed by atoms with Gasteiger partial charge in [-0.25, -0.2) is 20.8 Å². The molecule has 0 spiro atoms. The van der Waals surface area contributed by atoms with Crippen LogP contribution in [0, 0.1) is 34.5 Å². The van der Waals surface area contributed by atoms with Gasteiger partial charge in [0.1, 0.15) is 47.9 Å². The summed E-state index contributed by atoms with van der Waals surface area (Å²) in [6.07, 6.45) is 8.05. The maximum atomic E-state index is 14.1. The summed E-state index contributed by atoms with van der Waals surface area (Å²) in [5, 5.41) is 20.4. The molecule has 4 aromatic rings. The average molecular weight is 1250 g/mol. The number of cyclic esters (lactones) is 2. The molecule has 4 amide bonds. The van der Waals surface area contributed by atoms with E-state index < -0.39 is 97.5 Å². The molecule has 8 rings (SSSR count). The summed E-state index contributed by atoms with van der Waals surface area (Å²) in [7, 11) is -1.34. The minimum Gasteiger partial charge on any atom is -0.455 e. The molecule has 20 nitrogen and oxygen atoms in total. The number of carbonyl (C=O) groups excluding carboxylic acids is 8. The number of ether oxygens (including phenoxy) is 3. The number of pyridine rings is 2. The van der Waals surface area contributed by atoms with Crippen molar-refractivity contribution in [1.29, 1.82) is 0 Å². The fourth-order valence-corrected chi connectivity index (χ4v) is 11.6. The van der Waals surface area contributed by atoms with Crippen LogP contribution in [0.3, 0.4) is 0 Å². The number of nitrogens with zero attached hydrogens (tertiary/aromatic N) is 4. The fourth-order valence-electron chi connectivity index (χ4n) is 10.9. The van der Waals surface area contributed by atoms with E-state index in [4.69, 9.17) is 24.2 Å². The lowest BCUT2D eigenvalue weighted by molar-refractivity contribution is -0.158. The van der Waals surface area contributed by atoms with Gasteiger partial charge in [-0.15, -0.1) is 0 Å². The van der Waals surface area contributed by atoms with Crippen LogP contribution >= 0.6 is 0 Å². The van der Waals surface area contributed by atoms with E-state index >= 15 is 0 Å². The summed E-state index contributed by atoms with van der Waals surface area (Å²) in [5.74, 6) is -4.56. The first-order valence-electron chi connectivity index (χ1n) is 31.1. The van der Waals surface area contributed by atoms with Crippen molar-refractivity contribution >= 4 is 89.2 Å². The summed E-state index contributed by atoms with van der Waals surface area (Å²) in [5.41, 5.74) is 8.01. The number of esters is 2. The van der Waals surface area contributed by atoms with Crippen LogP contribution in [0.5, 0.6) is 0 Å². The third-order valence-corrected chi connectivity index (χ3v) is 18.9. The van der Waals surface area contributed by atoms with Gasteiger partial charge in [0.15, 0.2) is 0 Å². The van der Waals surface area contributed by atoms with Crippen LogP contribution in [0.15, 0.2) is 72.8 Å². The number of hydrazine groups is 2. The van der Waals surface area contributed by atoms with Crippen molar-refractivity contribution in [3.63, 3.8) is 0 Å². The number of benzene rings is 2. The van der Waals surface area contributed by atoms with E-state index in [0.717, 1.165) is 33.5 Å². The molecule has 89 heavy (non-hydrogen) atoms. The van der Waals surface area contributed by atoms with Crippen molar-refractivity contribution in [2.24, 2.45) is 34.5 Å². The Kier molecular flexibility index (Phi) is 24.5. The quantitative estimate of drug-likeness (QED) is 0.0625. The minimum absolute atomic E-state index is 0. The Morgan fingerprint density at radius 2 is 1.03 bits per heavy atom. The van der Waals surface area contributed by atoms with E-state index in [9.17, 15) is 43.5 Å². The van der Waals surface area contributed by atoms with Crippen LogP contribution < -0.4 is 21.5 Å². The Balaban J connectivity index is 0.000000283. The number of aliphatic hydroxyl groups is 1. The summed E-state index contributed by atoms with van der Waals surface area (Å²) in [4.78, 5) is 117. The number of Topliss-reactive ketones (excluding diaryl/α,β-unsaturated/α-hetero) is 2. The molecule has 5 N–H and O–H groups in total. The first-order chi connectivity index (χ1) is 41.5. The topological polar surface area (TPSA) is 265 Å². The molecule has 10 atom stereocenters. The van der Waals surface area contributed by atoms with Gasteiger partial charge in [0.05, 0.1) is 46.5 Å². The summed E-state index contributed by atoms with van der Waals surface area (Å²) in [6.45, 7) is 25.7. The van der Waals surface area contributed by atoms with Crippen LogP contribution in [0.25, 0.3) is 34.0 Å². The van der Waals surface area contributed by atoms with E-state index in [1.165, 1.54) is 10.0 Å². The summed E-state index contributed by atoms with van der Waals surface area (Å²) < 4.78 is 17.7. The number of aromatic nitrogens is 2. The van der Waals surface area contributed by atoms with E-state index in [1.54, 1.807) is 46.8 Å². The Hall–Kier alpha value is -7.04. The lowest BCUT2D eigenvalue weighted by atomic mass is 9.78. The Morgan fingerprint density at radius 3 is 1.44 bits per heavy atom. The molecule has 2 aromatic carbocycles. The smallest absolute Gasteiger partial charge is 0.325 e. The predicted molar refractivity (Wildman–Crippen MR) is 346 cm³/mol. The van der Waals surface area contributed by atoms with Gasteiger partial charge in [0, 0.05) is 63.2 Å². The molecule has 0 aliphatic carbocycles. The van der Waals surface area contributed by atoms with Crippen molar-refractivity contribution in [2.45, 2.75) is 177 Å². The molecule has 4 aliphatic heterocycles. The lowest BCUT2D eigenvalue weighted by Crippen LogP contribution is -2.59. The highest BCUT2D eigenvalue weighted by atomic mass is 28.3. The first kappa shape index (κ1) is 71.0. The number of ketones is 2. The second-order valence-corrected chi connectivity index (χ2v) is 32.2. The molecule has 2 saturated heterocycles. The molecule has 10 bridgehead atoms. The Bertz CT molecular complexity index is 3290. The highest BCUT2D eigenvalue weighted by Gasteiger charge is 2.40. The Labute approximate surface area is 526 Å². The average Bonchev–Trinajstić information content (AvgIpc) is 3.51. The van der Waals surface area contributed by atoms with Gasteiger partial charge < -0.3 is 30.0 Å². The van der Waals surface area contributed by atoms with Crippen molar-refractivity contribution in [3.8, 4) is 0 Å². The number of amides is 4. The van der Waals surface area contributed by atoms with Crippen molar-refractivity contribution in [2.75, 3.05) is 32.9 Å². The first-order valence-corrected chi connectivity index (χ1v) is 34.8. The molecular formula is C68H96N8O12Si. The molecule has 0 unspecified atom stereocenters. The largest absolute Gasteiger partial charge is 0.455 e. The van der Waals surface area contributed by atoms with Crippen molar-refractivity contribution in [1.82, 2.24) is 41.5 Å². The van der Waals surface area contributed by atoms with Gasteiger partial charge in [-0.05, 0) is 120 Å². The third-order valence-electron chi connectivity index (χ3n) is 17.2. The molecule has 6 heterocycles. The van der Waals surface area contributed by atoms with E-state index in [2.05, 4.69) is 41.1 Å². The molecule has 2 fully saturated rings. The number of rotatable bonds is 8. The van der Waals surface area contributed by atoms with Gasteiger partial charge in [0.2, 0.25) is 11.8 Å². The molecule has 0 saturated carbocycles. The standard InChI is InChI=1S/C36H52N4O6Si.C31H40N4O6.CH4/c1-23(2)28-21-32(41)36(5,22-45-18-19-47(6,7)8)16-15-26-11-12-27-13-14-29(38-31(27)20-26)25(4)46-35(44)30-10-9-17-40(39-30)34(43)24(3)37-33(28)42;1-18(2)23-16-27(37)31(5,17-36)13-12-21-8-9-22-10-11-24(33-26(22)15-21)20(4)41-30(40)25-7-6-14-35(34-25)29(39)19(3)32-28(23)38;/h11-16,20,23-25,28,30,39H,9-10,17-19,21-22H2,1-8H3,(H,37,42);8-13,15,18-20,23,25,34,36H,6-7,14,16-17H2,1-5H3,(H,32,38);1H4/b16-15+;13-12+;/t24-,25+,28-,30-,36-;19-,20+,23-,25-,31-;/m00./s1. The second kappa shape index (κ2) is 30.6. The van der Waals surface area contributed by atoms with Crippen molar-refractivity contribution in [3.05, 3.63) is 95.3 Å². The number of hydrogen-bond donors (Lipinski definition) is 5. The predicted octanol–water partition coefficient (Wildman–Crippen LogP) is 9.19. The summed E-state index contributed by atoms with van der Waals surface area (Å²) >= 11 is 0. The second-order valence-electron chi connectivity index (χ2n) is 26.6. The fraction of sp³-hybridized carbons (Fsp3) is 0.559. The van der Waals surface area contributed by atoms with Crippen LogP contribution in [0.2, 0.25) is 25.7 Å². The highest BCUT2D eigenvalue weighted by molar-refractivity contribution is 6.76. The number of hydrogen-bond acceptors (Lipinski definition) is 16. The molecule has 0 radical (unpaired) electrons. The molecule has 484 valence electrons. The zero-order chi connectivity index (χ0) is 64.4. The van der Waals surface area contributed by atoms with Crippen molar-refractivity contribution < 1.29 is 57.7 Å². The molecule has 2 aromatic heterocycles. The number of aliphatic hydroxyl groups excluding tert-OH is 1. The minimum atomic E-state index is -1.34. The molecule has 21 heteroatoms. The summed E-state index contributed by atoms with van der Waals surface area (Å²) in [6, 6.07) is 16.9. The SMILES string of the molecule is C.CC(C)[C@@H]1CC(=O)[C@](C)(CO)/C=C/c2ccc3ccc(nc3c2)[C@@H](C)OC(=O)[C@@H]2CCCN(N2)C(=O)[C@H](C)NC1=O.CC(C)[C@@H]1CC(=O)[C@](C)(COCC[Si](C)(C)C)/C=C/c2ccc3ccc(nc3c2)[C@@H](C)OC(=O)[C@@H]2CCCN(N2)C(=O)[C@H](C)NC1=O. The van der Waals surface area contributed by atoms with E-state index in [-0.39, 0.29) is 62.1 Å². The number of carbonyl (C=O) groups is 8. The third kappa shape index (κ3) is 18.5. The van der Waals surface area contributed by atoms with Crippen LogP contribution in [0.4, 0.5) is 0 Å².